The SMILES string of the molecule is C#COO[C-]=O.CO[C-]=O.[CH2-][O-].[Ca+2].[Ca+2]. The Labute approximate surface area is 142 Å². The first-order valence-corrected chi connectivity index (χ1v) is 2.17. The monoisotopic (exact) mass is 254 g/mol. The van der Waals surface area contributed by atoms with Gasteiger partial charge in [-0.1, -0.05) is 12.9 Å². The fourth-order valence-corrected chi connectivity index (χ4v) is 0.0411. The van der Waals surface area contributed by atoms with Gasteiger partial charge in [0.1, 0.15) is 0 Å². The third-order valence-corrected chi connectivity index (χ3v) is 0.207. The van der Waals surface area contributed by atoms with Crippen LogP contribution in [0.3, 0.4) is 0 Å². The summed E-state index contributed by atoms with van der Waals surface area (Å²) in [7, 11) is 3.26. The molecule has 0 heterocycles. The molecule has 0 N–H and O–H groups in total. The molecule has 8 heteroatoms. The molecule has 0 rings (SSSR count). The summed E-state index contributed by atoms with van der Waals surface area (Å²) < 4.78 is 3.74. The Morgan fingerprint density at radius 3 is 1.71 bits per heavy atom. The van der Waals surface area contributed by atoms with Crippen LogP contribution in [-0.2, 0) is 24.1 Å². The van der Waals surface area contributed by atoms with Crippen LogP contribution in [0.15, 0.2) is 0 Å². The average Bonchev–Trinajstić information content (AvgIpc) is 2.18. The van der Waals surface area contributed by atoms with E-state index in [0.717, 1.165) is 6.47 Å². The number of terminal acetylenes is 1. The molecule has 0 amide bonds. The molecule has 0 aromatic heterocycles. The zero-order valence-electron chi connectivity index (χ0n) is 7.65. The minimum Gasteiger partial charge on any atom is -1.03 e. The summed E-state index contributed by atoms with van der Waals surface area (Å²) in [5, 5.41) is 8.00. The third kappa shape index (κ3) is 77.6. The summed E-state index contributed by atoms with van der Waals surface area (Å²) in [6.45, 7) is 2.13. The second kappa shape index (κ2) is 49.0. The normalized spacial score (nSPS) is 4.14. The van der Waals surface area contributed by atoms with Crippen molar-refractivity contribution in [1.29, 1.82) is 0 Å². The Morgan fingerprint density at radius 2 is 1.64 bits per heavy atom. The maximum Gasteiger partial charge on any atom is 2.00 e. The second-order valence-electron chi connectivity index (χ2n) is 0.655. The fourth-order valence-electron chi connectivity index (χ4n) is 0.0411. The Kier molecular flexibility index (Phi) is 103. The molecule has 0 spiro atoms. The molecule has 0 aliphatic heterocycles. The summed E-state index contributed by atoms with van der Waals surface area (Å²) in [4.78, 5) is 24.9. The Bertz CT molecular complexity index is 124. The van der Waals surface area contributed by atoms with Crippen LogP contribution < -0.4 is 5.11 Å². The summed E-state index contributed by atoms with van der Waals surface area (Å²) in [5.41, 5.74) is 0. The fraction of sp³-hybridized carbons (Fsp3) is 0.167. The number of carbonyl (C=O) groups excluding carboxylic acids is 2. The van der Waals surface area contributed by atoms with Crippen LogP contribution in [0.25, 0.3) is 0 Å². The van der Waals surface area contributed by atoms with E-state index in [4.69, 9.17) is 14.7 Å². The van der Waals surface area contributed by atoms with Gasteiger partial charge in [0.2, 0.25) is 0 Å². The van der Waals surface area contributed by atoms with Crippen LogP contribution >= 0.6 is 0 Å². The van der Waals surface area contributed by atoms with Crippen molar-refractivity contribution in [1.82, 2.24) is 0 Å². The van der Waals surface area contributed by atoms with Crippen molar-refractivity contribution in [3.05, 3.63) is 7.11 Å². The quantitative estimate of drug-likeness (QED) is 0.140. The van der Waals surface area contributed by atoms with Gasteiger partial charge in [-0.25, -0.2) is 0 Å². The molecular formula is C6H6Ca2O6. The van der Waals surface area contributed by atoms with Crippen molar-refractivity contribution >= 4 is 88.4 Å². The standard InChI is InChI=1S/C3HO3.C2H3O2.CH2O.2Ca/c1-2-5-6-3-4;1-4-2-3;1-2;;/h1H;1H3;1H2;;/q2*-1;-2;2*+2. The van der Waals surface area contributed by atoms with Gasteiger partial charge in [-0.05, 0) is 6.47 Å². The third-order valence-electron chi connectivity index (χ3n) is 0.207. The van der Waals surface area contributed by atoms with E-state index >= 15 is 0 Å². The smallest absolute Gasteiger partial charge is 1.03 e. The molecule has 0 unspecified atom stereocenters. The summed E-state index contributed by atoms with van der Waals surface area (Å²) in [6, 6.07) is 0. The van der Waals surface area contributed by atoms with Gasteiger partial charge in [0.25, 0.3) is 0 Å². The minimum absolute atomic E-state index is 0. The van der Waals surface area contributed by atoms with Crippen LogP contribution in [0.4, 0.5) is 0 Å². The Balaban J connectivity index is -0.0000000302. The van der Waals surface area contributed by atoms with Crippen molar-refractivity contribution in [3.63, 3.8) is 0 Å². The maximum atomic E-state index is 9.00. The summed E-state index contributed by atoms with van der Waals surface area (Å²) in [6.07, 6.45) is 6.02. The predicted octanol–water partition coefficient (Wildman–Crippen LogP) is -2.33. The van der Waals surface area contributed by atoms with Gasteiger partial charge in [-0.2, -0.15) is 0 Å². The molecule has 6 nitrogen and oxygen atoms in total. The van der Waals surface area contributed by atoms with Crippen LogP contribution in [0.1, 0.15) is 0 Å². The number of ether oxygens (including phenoxy) is 1. The van der Waals surface area contributed by atoms with E-state index in [2.05, 4.69) is 20.9 Å². The first-order chi connectivity index (χ1) is 5.83. The molecule has 0 aliphatic carbocycles. The van der Waals surface area contributed by atoms with E-state index in [-0.39, 0.29) is 75.5 Å². The summed E-state index contributed by atoms with van der Waals surface area (Å²) >= 11 is 0. The summed E-state index contributed by atoms with van der Waals surface area (Å²) in [5.74, 6) is 0. The molecule has 0 aromatic rings. The Hall–Kier alpha value is 0.779. The molecular weight excluding hydrogens is 248 g/mol. The maximum absolute atomic E-state index is 9.00. The Morgan fingerprint density at radius 1 is 1.29 bits per heavy atom. The first kappa shape index (κ1) is 29.3. The molecule has 0 fully saturated rings. The van der Waals surface area contributed by atoms with Gasteiger partial charge in [0, 0.05) is 7.11 Å². The van der Waals surface area contributed by atoms with E-state index in [9.17, 15) is 0 Å². The van der Waals surface area contributed by atoms with Crippen molar-refractivity contribution < 1.29 is 29.2 Å². The average molecular weight is 254 g/mol. The molecule has 0 aliphatic rings. The molecule has 14 heavy (non-hydrogen) atoms. The second-order valence-corrected chi connectivity index (χ2v) is 0.655. The molecule has 0 bridgehead atoms. The van der Waals surface area contributed by atoms with E-state index in [1.165, 1.54) is 13.6 Å². The van der Waals surface area contributed by atoms with Gasteiger partial charge in [0.15, 0.2) is 6.11 Å². The number of methoxy groups -OCH3 is 1. The molecule has 0 saturated heterocycles. The van der Waals surface area contributed by atoms with Crippen LogP contribution in [0, 0.1) is 19.6 Å². The number of rotatable bonds is 3. The topological polar surface area (TPSA) is 84.9 Å². The van der Waals surface area contributed by atoms with Crippen molar-refractivity contribution in [2.75, 3.05) is 7.11 Å². The van der Waals surface area contributed by atoms with Crippen LogP contribution in [-0.4, -0.2) is 95.5 Å². The van der Waals surface area contributed by atoms with Gasteiger partial charge in [0.05, 0.1) is 0 Å². The minimum atomic E-state index is 0. The van der Waals surface area contributed by atoms with Gasteiger partial charge < -0.3 is 31.4 Å². The van der Waals surface area contributed by atoms with E-state index < -0.39 is 0 Å². The predicted molar refractivity (Wildman–Crippen MR) is 46.3 cm³/mol. The molecule has 70 valence electrons. The molecule has 0 saturated carbocycles. The molecule has 0 aromatic carbocycles. The van der Waals surface area contributed by atoms with Crippen molar-refractivity contribution in [2.45, 2.75) is 0 Å². The zero-order valence-corrected chi connectivity index (χ0v) is 12.1. The molecule has 0 atom stereocenters. The number of hydrogen-bond donors (Lipinski definition) is 0. The largest absolute Gasteiger partial charge is 2.00 e. The van der Waals surface area contributed by atoms with Crippen molar-refractivity contribution in [3.8, 4) is 12.5 Å². The number of hydrogen-bond acceptors (Lipinski definition) is 6. The first-order valence-electron chi connectivity index (χ1n) is 2.17. The van der Waals surface area contributed by atoms with Gasteiger partial charge >= 0.3 is 75.5 Å². The van der Waals surface area contributed by atoms with E-state index in [1.54, 1.807) is 6.11 Å². The van der Waals surface area contributed by atoms with Gasteiger partial charge in [-0.15, -0.1) is 0 Å². The van der Waals surface area contributed by atoms with Crippen molar-refractivity contribution in [2.24, 2.45) is 0 Å². The van der Waals surface area contributed by atoms with Gasteiger partial charge in [-0.3, -0.25) is 4.89 Å². The van der Waals surface area contributed by atoms with E-state index in [1.807, 2.05) is 7.11 Å². The van der Waals surface area contributed by atoms with Crippen LogP contribution in [0.2, 0.25) is 0 Å². The molecule has 0 radical (unpaired) electrons. The van der Waals surface area contributed by atoms with E-state index in [0.29, 0.717) is 0 Å². The van der Waals surface area contributed by atoms with Crippen LogP contribution in [0.5, 0.6) is 0 Å². The zero-order chi connectivity index (χ0) is 10.2.